The van der Waals surface area contributed by atoms with Crippen LogP contribution in [0, 0.1) is 0 Å². The molecule has 0 N–H and O–H groups in total. The summed E-state index contributed by atoms with van der Waals surface area (Å²) in [5.41, 5.74) is 1.84. The molecule has 118 valence electrons. The van der Waals surface area contributed by atoms with Gasteiger partial charge in [-0.1, -0.05) is 12.1 Å². The lowest BCUT2D eigenvalue weighted by Gasteiger charge is -2.27. The van der Waals surface area contributed by atoms with Gasteiger partial charge in [0.1, 0.15) is 0 Å². The topological polar surface area (TPSA) is 40.6 Å². The molecule has 3 rings (SSSR count). The summed E-state index contributed by atoms with van der Waals surface area (Å²) in [5.74, 6) is 0.362. The van der Waals surface area contributed by atoms with Crippen LogP contribution in [0.4, 0.5) is 0 Å². The molecule has 4 nitrogen and oxygen atoms in total. The molecule has 0 spiro atoms. The highest BCUT2D eigenvalue weighted by molar-refractivity contribution is 5.94. The predicted octanol–water partition coefficient (Wildman–Crippen LogP) is 2.82. The first-order chi connectivity index (χ1) is 10.6. The number of amides is 2. The maximum atomic E-state index is 12.6. The molecule has 0 bridgehead atoms. The third-order valence-corrected chi connectivity index (χ3v) is 4.48. The van der Waals surface area contributed by atoms with E-state index in [0.29, 0.717) is 19.0 Å². The van der Waals surface area contributed by atoms with E-state index in [4.69, 9.17) is 0 Å². The molecule has 1 aromatic rings. The Hall–Kier alpha value is -1.84. The largest absolute Gasteiger partial charge is 0.338 e. The zero-order valence-corrected chi connectivity index (χ0v) is 13.4. The molecule has 1 heterocycles. The summed E-state index contributed by atoms with van der Waals surface area (Å²) in [6, 6.07) is 8.41. The summed E-state index contributed by atoms with van der Waals surface area (Å²) in [7, 11) is 0. The second-order valence-electron chi connectivity index (χ2n) is 6.65. The van der Waals surface area contributed by atoms with Crippen LogP contribution in [-0.2, 0) is 11.3 Å². The number of carbonyl (C=O) groups excluding carboxylic acids is 2. The van der Waals surface area contributed by atoms with Gasteiger partial charge >= 0.3 is 0 Å². The molecule has 0 aromatic heterocycles. The number of carbonyl (C=O) groups is 2. The minimum Gasteiger partial charge on any atom is -0.338 e. The third-order valence-electron chi connectivity index (χ3n) is 4.48. The Morgan fingerprint density at radius 2 is 1.95 bits per heavy atom. The summed E-state index contributed by atoms with van der Waals surface area (Å²) in [6.07, 6.45) is 3.87. The summed E-state index contributed by atoms with van der Waals surface area (Å²) >= 11 is 0. The predicted molar refractivity (Wildman–Crippen MR) is 85.4 cm³/mol. The van der Waals surface area contributed by atoms with Gasteiger partial charge in [-0.15, -0.1) is 0 Å². The van der Waals surface area contributed by atoms with Crippen molar-refractivity contribution in [2.45, 2.75) is 58.2 Å². The van der Waals surface area contributed by atoms with Crippen molar-refractivity contribution in [1.82, 2.24) is 9.80 Å². The van der Waals surface area contributed by atoms with E-state index < -0.39 is 0 Å². The summed E-state index contributed by atoms with van der Waals surface area (Å²) in [5, 5.41) is 0. The van der Waals surface area contributed by atoms with Gasteiger partial charge in [0.2, 0.25) is 5.91 Å². The van der Waals surface area contributed by atoms with Crippen LogP contribution in [0.5, 0.6) is 0 Å². The van der Waals surface area contributed by atoms with E-state index in [1.807, 2.05) is 34.1 Å². The van der Waals surface area contributed by atoms with Gasteiger partial charge in [-0.25, -0.2) is 0 Å². The van der Waals surface area contributed by atoms with Crippen LogP contribution in [0.15, 0.2) is 24.3 Å². The Morgan fingerprint density at radius 1 is 1.27 bits per heavy atom. The van der Waals surface area contributed by atoms with Crippen molar-refractivity contribution in [1.29, 1.82) is 0 Å². The molecule has 1 saturated carbocycles. The highest BCUT2D eigenvalue weighted by Gasteiger charge is 2.34. The molecule has 0 radical (unpaired) electrons. The minimum absolute atomic E-state index is 0.126. The molecule has 1 saturated heterocycles. The van der Waals surface area contributed by atoms with Crippen molar-refractivity contribution in [3.05, 3.63) is 35.4 Å². The standard InChI is InChI=1S/C18H24N2O2/c1-13(2)20(16-9-10-16)18(22)15-7-5-14(6-8-15)12-19-11-3-4-17(19)21/h5-8,13,16H,3-4,9-12H2,1-2H3. The number of hydrogen-bond acceptors (Lipinski definition) is 2. The van der Waals surface area contributed by atoms with E-state index in [2.05, 4.69) is 13.8 Å². The van der Waals surface area contributed by atoms with Gasteiger partial charge in [0.25, 0.3) is 5.91 Å². The van der Waals surface area contributed by atoms with Crippen LogP contribution in [-0.4, -0.2) is 40.2 Å². The van der Waals surface area contributed by atoms with Crippen LogP contribution in [0.3, 0.4) is 0 Å². The van der Waals surface area contributed by atoms with Gasteiger partial charge < -0.3 is 9.80 Å². The lowest BCUT2D eigenvalue weighted by Crippen LogP contribution is -2.38. The Morgan fingerprint density at radius 3 is 2.45 bits per heavy atom. The van der Waals surface area contributed by atoms with Crippen LogP contribution < -0.4 is 0 Å². The number of likely N-dealkylation sites (tertiary alicyclic amines) is 1. The second kappa shape index (κ2) is 6.11. The first-order valence-corrected chi connectivity index (χ1v) is 8.25. The van der Waals surface area contributed by atoms with E-state index in [-0.39, 0.29) is 17.9 Å². The molecule has 0 unspecified atom stereocenters. The molecule has 4 heteroatoms. The second-order valence-corrected chi connectivity index (χ2v) is 6.65. The fraction of sp³-hybridized carbons (Fsp3) is 0.556. The molecule has 2 amide bonds. The van der Waals surface area contributed by atoms with Crippen molar-refractivity contribution in [3.8, 4) is 0 Å². The van der Waals surface area contributed by atoms with E-state index in [0.717, 1.165) is 36.9 Å². The van der Waals surface area contributed by atoms with E-state index in [1.54, 1.807) is 0 Å². The first-order valence-electron chi connectivity index (χ1n) is 8.25. The third kappa shape index (κ3) is 3.16. The Balaban J connectivity index is 1.68. The van der Waals surface area contributed by atoms with Gasteiger partial charge in [0.05, 0.1) is 0 Å². The van der Waals surface area contributed by atoms with E-state index in [9.17, 15) is 9.59 Å². The maximum absolute atomic E-state index is 12.6. The summed E-state index contributed by atoms with van der Waals surface area (Å²) in [4.78, 5) is 28.2. The molecular weight excluding hydrogens is 276 g/mol. The quantitative estimate of drug-likeness (QED) is 0.839. The SMILES string of the molecule is CC(C)N(C(=O)c1ccc(CN2CCCC2=O)cc1)C1CC1. The Kier molecular flexibility index (Phi) is 4.19. The molecular formula is C18H24N2O2. The van der Waals surface area contributed by atoms with Gasteiger partial charge in [0, 0.05) is 37.2 Å². The van der Waals surface area contributed by atoms with Crippen LogP contribution >= 0.6 is 0 Å². The highest BCUT2D eigenvalue weighted by Crippen LogP contribution is 2.30. The van der Waals surface area contributed by atoms with Gasteiger partial charge in [0.15, 0.2) is 0 Å². The van der Waals surface area contributed by atoms with Crippen molar-refractivity contribution < 1.29 is 9.59 Å². The van der Waals surface area contributed by atoms with E-state index in [1.165, 1.54) is 0 Å². The average Bonchev–Trinajstić information content (AvgIpc) is 3.23. The molecule has 1 aromatic carbocycles. The van der Waals surface area contributed by atoms with Gasteiger partial charge in [-0.05, 0) is 50.8 Å². The van der Waals surface area contributed by atoms with Crippen molar-refractivity contribution in [3.63, 3.8) is 0 Å². The smallest absolute Gasteiger partial charge is 0.254 e. The van der Waals surface area contributed by atoms with Crippen molar-refractivity contribution in [2.75, 3.05) is 6.54 Å². The monoisotopic (exact) mass is 300 g/mol. The lowest BCUT2D eigenvalue weighted by molar-refractivity contribution is -0.128. The van der Waals surface area contributed by atoms with Gasteiger partial charge in [-0.2, -0.15) is 0 Å². The Labute approximate surface area is 132 Å². The maximum Gasteiger partial charge on any atom is 0.254 e. The van der Waals surface area contributed by atoms with Crippen LogP contribution in [0.25, 0.3) is 0 Å². The summed E-state index contributed by atoms with van der Waals surface area (Å²) < 4.78 is 0. The first kappa shape index (κ1) is 15.1. The van der Waals surface area contributed by atoms with E-state index >= 15 is 0 Å². The van der Waals surface area contributed by atoms with Crippen LogP contribution in [0.2, 0.25) is 0 Å². The molecule has 1 aliphatic carbocycles. The Bertz CT molecular complexity index is 559. The zero-order valence-electron chi connectivity index (χ0n) is 13.4. The van der Waals surface area contributed by atoms with Crippen LogP contribution in [0.1, 0.15) is 55.5 Å². The molecule has 0 atom stereocenters. The number of hydrogen-bond donors (Lipinski definition) is 0. The number of nitrogens with zero attached hydrogens (tertiary/aromatic N) is 2. The molecule has 22 heavy (non-hydrogen) atoms. The molecule has 2 aliphatic rings. The van der Waals surface area contributed by atoms with Crippen molar-refractivity contribution >= 4 is 11.8 Å². The molecule has 2 fully saturated rings. The number of rotatable bonds is 5. The minimum atomic E-state index is 0.126. The normalized spacial score (nSPS) is 18.1. The highest BCUT2D eigenvalue weighted by atomic mass is 16.2. The zero-order chi connectivity index (χ0) is 15.7. The molecule has 1 aliphatic heterocycles. The average molecular weight is 300 g/mol. The fourth-order valence-electron chi connectivity index (χ4n) is 3.17. The lowest BCUT2D eigenvalue weighted by atomic mass is 10.1. The summed E-state index contributed by atoms with van der Waals surface area (Å²) in [6.45, 7) is 5.65. The van der Waals surface area contributed by atoms with Gasteiger partial charge in [-0.3, -0.25) is 9.59 Å². The van der Waals surface area contributed by atoms with Crippen molar-refractivity contribution in [2.24, 2.45) is 0 Å². The fourth-order valence-corrected chi connectivity index (χ4v) is 3.17. The number of benzene rings is 1.